The van der Waals surface area contributed by atoms with Crippen molar-refractivity contribution < 1.29 is 17.7 Å². The second-order valence-electron chi connectivity index (χ2n) is 8.79. The summed E-state index contributed by atoms with van der Waals surface area (Å²) in [5.74, 6) is 0.918. The van der Waals surface area contributed by atoms with Crippen LogP contribution in [0.2, 0.25) is 0 Å². The third kappa shape index (κ3) is 5.06. The highest BCUT2D eigenvalue weighted by molar-refractivity contribution is 7.92. The van der Waals surface area contributed by atoms with Gasteiger partial charge in [0, 0.05) is 28.3 Å². The fraction of sp³-hybridized carbons (Fsp3) is 0.172. The van der Waals surface area contributed by atoms with E-state index in [4.69, 9.17) is 9.26 Å². The zero-order valence-corrected chi connectivity index (χ0v) is 21.7. The molecule has 2 aromatic heterocycles. The molecule has 0 bridgehead atoms. The van der Waals surface area contributed by atoms with E-state index < -0.39 is 10.0 Å². The van der Waals surface area contributed by atoms with Crippen LogP contribution in [0.5, 0.6) is 5.75 Å². The first-order valence-electron chi connectivity index (χ1n) is 12.0. The summed E-state index contributed by atoms with van der Waals surface area (Å²) in [7, 11) is -3.90. The van der Waals surface area contributed by atoms with Crippen molar-refractivity contribution in [3.05, 3.63) is 101 Å². The van der Waals surface area contributed by atoms with Gasteiger partial charge in [0.2, 0.25) is 5.88 Å². The van der Waals surface area contributed by atoms with E-state index in [2.05, 4.69) is 21.8 Å². The second kappa shape index (κ2) is 10.1. The first-order chi connectivity index (χ1) is 17.9. The minimum Gasteiger partial charge on any atom is -0.488 e. The molecule has 0 spiro atoms. The van der Waals surface area contributed by atoms with E-state index in [1.54, 1.807) is 32.0 Å². The minimum atomic E-state index is -3.90. The lowest BCUT2D eigenvalue weighted by Crippen LogP contribution is -2.14. The molecule has 0 fully saturated rings. The van der Waals surface area contributed by atoms with Crippen LogP contribution in [0.15, 0.2) is 88.3 Å². The summed E-state index contributed by atoms with van der Waals surface area (Å²) in [6.45, 7) is 5.97. The molecular formula is C29H27N3O4S. The monoisotopic (exact) mass is 513 g/mol. The highest BCUT2D eigenvalue weighted by atomic mass is 32.2. The van der Waals surface area contributed by atoms with Gasteiger partial charge in [0.1, 0.15) is 12.4 Å². The standard InChI is InChI=1S/C29H27N3O4S/c1-4-23-17-27(25-10-5-7-11-26(25)30-23)35-18-21-13-15-22(16-14-21)24-9-6-8-12-28(24)37(33,34)32-29-19(2)20(3)31-36-29/h5-17,32H,4,18H2,1-3H3. The van der Waals surface area contributed by atoms with Crippen LogP contribution in [-0.4, -0.2) is 18.6 Å². The van der Waals surface area contributed by atoms with Gasteiger partial charge in [-0.3, -0.25) is 4.98 Å². The number of aryl methyl sites for hydroxylation is 2. The van der Waals surface area contributed by atoms with Crippen LogP contribution in [0, 0.1) is 13.8 Å². The topological polar surface area (TPSA) is 94.3 Å². The van der Waals surface area contributed by atoms with Crippen LogP contribution in [0.3, 0.4) is 0 Å². The zero-order valence-electron chi connectivity index (χ0n) is 20.9. The molecule has 5 rings (SSSR count). The number of aromatic nitrogens is 2. The van der Waals surface area contributed by atoms with E-state index in [0.29, 0.717) is 23.4 Å². The zero-order chi connectivity index (χ0) is 26.0. The van der Waals surface area contributed by atoms with Gasteiger partial charge in [-0.2, -0.15) is 0 Å². The first-order valence-corrected chi connectivity index (χ1v) is 13.5. The van der Waals surface area contributed by atoms with E-state index >= 15 is 0 Å². The molecule has 0 saturated carbocycles. The molecule has 3 aromatic carbocycles. The molecule has 0 unspecified atom stereocenters. The largest absolute Gasteiger partial charge is 0.488 e. The van der Waals surface area contributed by atoms with Gasteiger partial charge in [0.15, 0.2) is 0 Å². The van der Waals surface area contributed by atoms with Crippen molar-refractivity contribution in [3.8, 4) is 16.9 Å². The van der Waals surface area contributed by atoms with Crippen LogP contribution < -0.4 is 9.46 Å². The molecule has 8 heteroatoms. The van der Waals surface area contributed by atoms with Gasteiger partial charge in [-0.05, 0) is 49.6 Å². The Balaban J connectivity index is 1.38. The summed E-state index contributed by atoms with van der Waals surface area (Å²) in [4.78, 5) is 4.83. The lowest BCUT2D eigenvalue weighted by molar-refractivity contribution is 0.309. The van der Waals surface area contributed by atoms with Gasteiger partial charge >= 0.3 is 0 Å². The minimum absolute atomic E-state index is 0.120. The van der Waals surface area contributed by atoms with E-state index in [0.717, 1.165) is 39.9 Å². The average Bonchev–Trinajstić information content (AvgIpc) is 3.23. The number of hydrogen-bond donors (Lipinski definition) is 1. The maximum atomic E-state index is 13.2. The smallest absolute Gasteiger partial charge is 0.264 e. The molecule has 0 aliphatic heterocycles. The Labute approximate surface area is 216 Å². The summed E-state index contributed by atoms with van der Waals surface area (Å²) in [6, 6.07) is 24.5. The highest BCUT2D eigenvalue weighted by Gasteiger charge is 2.22. The van der Waals surface area contributed by atoms with Crippen LogP contribution in [0.1, 0.15) is 29.4 Å². The summed E-state index contributed by atoms with van der Waals surface area (Å²) >= 11 is 0. The number of anilines is 1. The average molecular weight is 514 g/mol. The van der Waals surface area contributed by atoms with Crippen molar-refractivity contribution in [2.75, 3.05) is 4.72 Å². The SMILES string of the molecule is CCc1cc(OCc2ccc(-c3ccccc3S(=O)(=O)Nc3onc(C)c3C)cc2)c2ccccc2n1. The molecule has 7 nitrogen and oxygen atoms in total. The van der Waals surface area contributed by atoms with Gasteiger partial charge in [0.25, 0.3) is 10.0 Å². The van der Waals surface area contributed by atoms with Gasteiger partial charge in [-0.15, -0.1) is 0 Å². The number of pyridine rings is 1. The Hall–Kier alpha value is -4.17. The van der Waals surface area contributed by atoms with Crippen molar-refractivity contribution in [1.29, 1.82) is 0 Å². The number of sulfonamides is 1. The predicted octanol–water partition coefficient (Wildman–Crippen LogP) is 6.45. The first kappa shape index (κ1) is 24.5. The maximum Gasteiger partial charge on any atom is 0.264 e. The number of nitrogens with zero attached hydrogens (tertiary/aromatic N) is 2. The summed E-state index contributed by atoms with van der Waals surface area (Å²) in [5, 5.41) is 4.80. The molecule has 0 radical (unpaired) electrons. The van der Waals surface area contributed by atoms with Crippen molar-refractivity contribution in [1.82, 2.24) is 10.1 Å². The van der Waals surface area contributed by atoms with Gasteiger partial charge < -0.3 is 9.26 Å². The van der Waals surface area contributed by atoms with E-state index in [9.17, 15) is 8.42 Å². The fourth-order valence-electron chi connectivity index (χ4n) is 4.06. The number of hydrogen-bond acceptors (Lipinski definition) is 6. The molecule has 5 aromatic rings. The predicted molar refractivity (Wildman–Crippen MR) is 144 cm³/mol. The molecule has 0 atom stereocenters. The van der Waals surface area contributed by atoms with E-state index in [1.807, 2.05) is 60.7 Å². The molecule has 0 saturated heterocycles. The van der Waals surface area contributed by atoms with Crippen LogP contribution in [0.25, 0.3) is 22.0 Å². The van der Waals surface area contributed by atoms with Crippen LogP contribution in [0.4, 0.5) is 5.88 Å². The number of benzene rings is 3. The number of rotatable bonds is 8. The van der Waals surface area contributed by atoms with E-state index in [1.165, 1.54) is 0 Å². The van der Waals surface area contributed by atoms with Gasteiger partial charge in [-0.1, -0.05) is 66.7 Å². The quantitative estimate of drug-likeness (QED) is 0.256. The molecule has 0 aliphatic rings. The molecule has 2 heterocycles. The van der Waals surface area contributed by atoms with Crippen LogP contribution >= 0.6 is 0 Å². The van der Waals surface area contributed by atoms with Crippen molar-refractivity contribution in [2.24, 2.45) is 0 Å². The third-order valence-corrected chi connectivity index (χ3v) is 7.70. The van der Waals surface area contributed by atoms with Gasteiger partial charge in [0.05, 0.1) is 16.1 Å². The summed E-state index contributed by atoms with van der Waals surface area (Å²) in [6.07, 6.45) is 0.822. The summed E-state index contributed by atoms with van der Waals surface area (Å²) in [5.41, 5.74) is 5.50. The molecule has 0 amide bonds. The number of fused-ring (bicyclic) bond motifs is 1. The molecule has 1 N–H and O–H groups in total. The number of ether oxygens (including phenoxy) is 1. The van der Waals surface area contributed by atoms with E-state index in [-0.39, 0.29) is 10.8 Å². The normalized spacial score (nSPS) is 11.5. The Morgan fingerprint density at radius 2 is 1.68 bits per heavy atom. The third-order valence-electron chi connectivity index (χ3n) is 6.31. The fourth-order valence-corrected chi connectivity index (χ4v) is 5.34. The maximum absolute atomic E-state index is 13.2. The Morgan fingerprint density at radius 1 is 0.946 bits per heavy atom. The Morgan fingerprint density at radius 3 is 2.41 bits per heavy atom. The molecular weight excluding hydrogens is 486 g/mol. The van der Waals surface area contributed by atoms with Crippen LogP contribution in [-0.2, 0) is 23.1 Å². The lowest BCUT2D eigenvalue weighted by Gasteiger charge is -2.13. The molecule has 188 valence electrons. The Bertz CT molecular complexity index is 1680. The van der Waals surface area contributed by atoms with Crippen molar-refractivity contribution >= 4 is 26.8 Å². The molecule has 0 aliphatic carbocycles. The van der Waals surface area contributed by atoms with Gasteiger partial charge in [-0.25, -0.2) is 13.1 Å². The lowest BCUT2D eigenvalue weighted by atomic mass is 10.0. The van der Waals surface area contributed by atoms with Crippen molar-refractivity contribution in [2.45, 2.75) is 38.7 Å². The highest BCUT2D eigenvalue weighted by Crippen LogP contribution is 2.31. The number of para-hydroxylation sites is 1. The Kier molecular flexibility index (Phi) is 6.67. The van der Waals surface area contributed by atoms with Crippen molar-refractivity contribution in [3.63, 3.8) is 0 Å². The second-order valence-corrected chi connectivity index (χ2v) is 10.4. The number of nitrogens with one attached hydrogen (secondary N) is 1. The molecule has 37 heavy (non-hydrogen) atoms. The summed E-state index contributed by atoms with van der Waals surface area (Å²) < 4.78 is 40.3.